The lowest BCUT2D eigenvalue weighted by atomic mass is 10.0. The van der Waals surface area contributed by atoms with Crippen LogP contribution < -0.4 is 9.47 Å². The van der Waals surface area contributed by atoms with Gasteiger partial charge in [-0.3, -0.25) is 4.79 Å². The van der Waals surface area contributed by atoms with Crippen molar-refractivity contribution < 1.29 is 24.2 Å². The first-order valence-electron chi connectivity index (χ1n) is 7.47. The summed E-state index contributed by atoms with van der Waals surface area (Å²) in [5.41, 5.74) is 2.56. The van der Waals surface area contributed by atoms with Crippen molar-refractivity contribution in [1.29, 1.82) is 0 Å². The average molecular weight is 338 g/mol. The monoisotopic (exact) mass is 338 g/mol. The molecule has 0 amide bonds. The molecule has 0 aliphatic rings. The Bertz CT molecular complexity index is 816. The molecule has 5 heteroatoms. The van der Waals surface area contributed by atoms with Gasteiger partial charge < -0.3 is 14.6 Å². The molecule has 128 valence electrons. The summed E-state index contributed by atoms with van der Waals surface area (Å²) in [6.45, 7) is 0. The Hall–Kier alpha value is -3.34. The minimum atomic E-state index is -1.06. The zero-order valence-electron chi connectivity index (χ0n) is 13.9. The second-order valence-electron chi connectivity index (χ2n) is 5.12. The summed E-state index contributed by atoms with van der Waals surface area (Å²) in [6, 6.07) is 12.5. The highest BCUT2D eigenvalue weighted by molar-refractivity contribution is 6.13. The molecular formula is C20H18O5. The van der Waals surface area contributed by atoms with Crippen LogP contribution in [0.3, 0.4) is 0 Å². The van der Waals surface area contributed by atoms with Crippen molar-refractivity contribution in [3.8, 4) is 11.5 Å². The minimum absolute atomic E-state index is 0.470. The molecule has 2 rings (SSSR count). The molecular weight excluding hydrogens is 320 g/mol. The topological polar surface area (TPSA) is 72.8 Å². The lowest BCUT2D eigenvalue weighted by molar-refractivity contribution is -0.131. The number of hydrogen-bond acceptors (Lipinski definition) is 4. The van der Waals surface area contributed by atoms with Crippen LogP contribution in [0.15, 0.2) is 48.5 Å². The van der Waals surface area contributed by atoms with Crippen LogP contribution in [0.5, 0.6) is 11.5 Å². The number of hydrogen-bond donors (Lipinski definition) is 1. The molecule has 0 aliphatic heterocycles. The number of carboxylic acids is 1. The molecule has 0 aliphatic carbocycles. The second-order valence-corrected chi connectivity index (χ2v) is 5.12. The molecule has 5 nitrogen and oxygen atoms in total. The van der Waals surface area contributed by atoms with Crippen molar-refractivity contribution in [3.05, 3.63) is 65.2 Å². The van der Waals surface area contributed by atoms with Gasteiger partial charge in [-0.05, 0) is 47.5 Å². The SMILES string of the molecule is COc1ccc(C=C(C=O)c2ccc(OC)c(C=CC(=O)O)c2)cc1. The predicted molar refractivity (Wildman–Crippen MR) is 96.6 cm³/mol. The highest BCUT2D eigenvalue weighted by Crippen LogP contribution is 2.26. The largest absolute Gasteiger partial charge is 0.497 e. The molecule has 0 saturated carbocycles. The van der Waals surface area contributed by atoms with Crippen LogP contribution in [0, 0.1) is 0 Å². The molecule has 0 unspecified atom stereocenters. The second kappa shape index (κ2) is 8.49. The van der Waals surface area contributed by atoms with Crippen molar-refractivity contribution in [3.63, 3.8) is 0 Å². The first kappa shape index (κ1) is 18.0. The van der Waals surface area contributed by atoms with Gasteiger partial charge in [-0.1, -0.05) is 18.2 Å². The van der Waals surface area contributed by atoms with Crippen LogP contribution in [-0.2, 0) is 9.59 Å². The van der Waals surface area contributed by atoms with Gasteiger partial charge in [-0.25, -0.2) is 4.79 Å². The molecule has 0 fully saturated rings. The van der Waals surface area contributed by atoms with Crippen LogP contribution in [0.25, 0.3) is 17.7 Å². The number of ether oxygens (including phenoxy) is 2. The number of carbonyl (C=O) groups is 2. The number of allylic oxidation sites excluding steroid dienone is 1. The lowest BCUT2D eigenvalue weighted by Gasteiger charge is -2.08. The van der Waals surface area contributed by atoms with Gasteiger partial charge >= 0.3 is 5.97 Å². The number of benzene rings is 2. The van der Waals surface area contributed by atoms with Gasteiger partial charge in [0.25, 0.3) is 0 Å². The maximum atomic E-state index is 11.5. The molecule has 0 radical (unpaired) electrons. The van der Waals surface area contributed by atoms with E-state index in [1.165, 1.54) is 13.2 Å². The fourth-order valence-corrected chi connectivity index (χ4v) is 2.27. The number of rotatable bonds is 7. The van der Waals surface area contributed by atoms with Crippen LogP contribution in [-0.4, -0.2) is 31.6 Å². The zero-order valence-corrected chi connectivity index (χ0v) is 13.9. The summed E-state index contributed by atoms with van der Waals surface area (Å²) in [4.78, 5) is 22.3. The van der Waals surface area contributed by atoms with Gasteiger partial charge in [0.05, 0.1) is 14.2 Å². The highest BCUT2D eigenvalue weighted by Gasteiger charge is 2.07. The fourth-order valence-electron chi connectivity index (χ4n) is 2.27. The Morgan fingerprint density at radius 3 is 2.32 bits per heavy atom. The van der Waals surface area contributed by atoms with Crippen LogP contribution in [0.1, 0.15) is 16.7 Å². The summed E-state index contributed by atoms with van der Waals surface area (Å²) >= 11 is 0. The van der Waals surface area contributed by atoms with Gasteiger partial charge in [-0.2, -0.15) is 0 Å². The maximum absolute atomic E-state index is 11.5. The molecule has 0 spiro atoms. The van der Waals surface area contributed by atoms with Gasteiger partial charge in [0, 0.05) is 17.2 Å². The number of aldehydes is 1. The van der Waals surface area contributed by atoms with Crippen LogP contribution in [0.2, 0.25) is 0 Å². The van der Waals surface area contributed by atoms with Gasteiger partial charge in [0.1, 0.15) is 11.5 Å². The molecule has 0 aromatic heterocycles. The Morgan fingerprint density at radius 1 is 1.04 bits per heavy atom. The van der Waals surface area contributed by atoms with E-state index in [1.807, 2.05) is 24.3 Å². The van der Waals surface area contributed by atoms with E-state index >= 15 is 0 Å². The van der Waals surface area contributed by atoms with Crippen LogP contribution in [0.4, 0.5) is 0 Å². The molecule has 1 N–H and O–H groups in total. The molecule has 2 aromatic rings. The van der Waals surface area contributed by atoms with E-state index < -0.39 is 5.97 Å². The van der Waals surface area contributed by atoms with Crippen LogP contribution >= 0.6 is 0 Å². The predicted octanol–water partition coefficient (Wildman–Crippen LogP) is 3.54. The van der Waals surface area contributed by atoms with Crippen molar-refractivity contribution in [2.75, 3.05) is 14.2 Å². The molecule has 2 aromatic carbocycles. The van der Waals surface area contributed by atoms with E-state index in [-0.39, 0.29) is 0 Å². The van der Waals surface area contributed by atoms with Crippen molar-refractivity contribution >= 4 is 30.0 Å². The summed E-state index contributed by atoms with van der Waals surface area (Å²) < 4.78 is 10.3. The Balaban J connectivity index is 2.42. The third-order valence-electron chi connectivity index (χ3n) is 3.53. The van der Waals surface area contributed by atoms with E-state index in [0.717, 1.165) is 23.7 Å². The third kappa shape index (κ3) is 4.81. The molecule has 0 heterocycles. The van der Waals surface area contributed by atoms with E-state index in [0.29, 0.717) is 22.4 Å². The maximum Gasteiger partial charge on any atom is 0.328 e. The summed E-state index contributed by atoms with van der Waals surface area (Å²) in [6.07, 6.45) is 4.96. The van der Waals surface area contributed by atoms with E-state index in [2.05, 4.69) is 0 Å². The highest BCUT2D eigenvalue weighted by atomic mass is 16.5. The normalized spacial score (nSPS) is 11.4. The first-order chi connectivity index (χ1) is 12.1. The average Bonchev–Trinajstić information content (AvgIpc) is 2.64. The summed E-state index contributed by atoms with van der Waals surface area (Å²) in [5.74, 6) is 0.197. The third-order valence-corrected chi connectivity index (χ3v) is 3.53. The zero-order chi connectivity index (χ0) is 18.2. The molecule has 25 heavy (non-hydrogen) atoms. The number of methoxy groups -OCH3 is 2. The Kier molecular flexibility index (Phi) is 6.12. The minimum Gasteiger partial charge on any atom is -0.497 e. The Labute approximate surface area is 145 Å². The quantitative estimate of drug-likeness (QED) is 0.475. The number of aliphatic carboxylic acids is 1. The van der Waals surface area contributed by atoms with Crippen molar-refractivity contribution in [2.45, 2.75) is 0 Å². The van der Waals surface area contributed by atoms with E-state index in [1.54, 1.807) is 31.4 Å². The summed E-state index contributed by atoms with van der Waals surface area (Å²) in [5, 5.41) is 8.80. The van der Waals surface area contributed by atoms with Crippen molar-refractivity contribution in [2.24, 2.45) is 0 Å². The lowest BCUT2D eigenvalue weighted by Crippen LogP contribution is -1.93. The molecule has 0 atom stereocenters. The molecule has 0 bridgehead atoms. The van der Waals surface area contributed by atoms with Crippen molar-refractivity contribution in [1.82, 2.24) is 0 Å². The summed E-state index contributed by atoms with van der Waals surface area (Å²) in [7, 11) is 3.09. The fraction of sp³-hybridized carbons (Fsp3) is 0.100. The van der Waals surface area contributed by atoms with Gasteiger partial charge in [-0.15, -0.1) is 0 Å². The first-order valence-corrected chi connectivity index (χ1v) is 7.47. The van der Waals surface area contributed by atoms with Gasteiger partial charge in [0.15, 0.2) is 6.29 Å². The number of carboxylic acid groups (broad SMARTS) is 1. The van der Waals surface area contributed by atoms with E-state index in [4.69, 9.17) is 14.6 Å². The van der Waals surface area contributed by atoms with Gasteiger partial charge in [0.2, 0.25) is 0 Å². The standard InChI is InChI=1S/C20H18O5/c1-24-18-7-3-14(4-8-18)11-17(13-21)15-5-9-19(25-2)16(12-15)6-10-20(22)23/h3-13H,1-2H3,(H,22,23). The Morgan fingerprint density at radius 2 is 1.76 bits per heavy atom. The molecule has 0 saturated heterocycles. The number of carbonyl (C=O) groups excluding carboxylic acids is 1. The van der Waals surface area contributed by atoms with E-state index in [9.17, 15) is 9.59 Å². The smallest absolute Gasteiger partial charge is 0.328 e.